The number of carbonyl (C=O) groups excluding carboxylic acids is 1. The Labute approximate surface area is 187 Å². The molecule has 0 unspecified atom stereocenters. The van der Waals surface area contributed by atoms with Gasteiger partial charge in [-0.25, -0.2) is 8.42 Å². The molecule has 0 atom stereocenters. The van der Waals surface area contributed by atoms with E-state index >= 15 is 0 Å². The average molecular weight is 499 g/mol. The summed E-state index contributed by atoms with van der Waals surface area (Å²) in [5, 5.41) is 2.46. The maximum absolute atomic E-state index is 12.8. The Morgan fingerprint density at radius 1 is 1.10 bits per heavy atom. The van der Waals surface area contributed by atoms with Gasteiger partial charge in [-0.15, -0.1) is 0 Å². The molecule has 0 aliphatic heterocycles. The molecule has 0 saturated carbocycles. The van der Waals surface area contributed by atoms with Gasteiger partial charge in [0.1, 0.15) is 5.75 Å². The van der Waals surface area contributed by atoms with Gasteiger partial charge in [-0.2, -0.15) is 17.5 Å². The van der Waals surface area contributed by atoms with Crippen molar-refractivity contribution in [1.82, 2.24) is 4.31 Å². The first-order chi connectivity index (χ1) is 14.4. The van der Waals surface area contributed by atoms with E-state index < -0.39 is 28.7 Å². The van der Waals surface area contributed by atoms with Crippen LogP contribution in [0, 0.1) is 0 Å². The van der Waals surface area contributed by atoms with Crippen LogP contribution in [0.1, 0.15) is 24.2 Å². The third-order valence-corrected chi connectivity index (χ3v) is 6.72. The molecule has 0 fully saturated rings. The first-order valence-corrected chi connectivity index (χ1v) is 11.2. The van der Waals surface area contributed by atoms with Gasteiger partial charge in [0.25, 0.3) is 5.91 Å². The smallest absolute Gasteiger partial charge is 0.422 e. The number of ether oxygens (including phenoxy) is 1. The number of anilines is 1. The summed E-state index contributed by atoms with van der Waals surface area (Å²) in [5.74, 6) is -1.11. The Hall–Kier alpha value is -2.01. The van der Waals surface area contributed by atoms with E-state index in [1.165, 1.54) is 34.6 Å². The zero-order chi connectivity index (χ0) is 23.4. The second kappa shape index (κ2) is 10.1. The van der Waals surface area contributed by atoms with Crippen molar-refractivity contribution in [2.45, 2.75) is 24.9 Å². The lowest BCUT2D eigenvalue weighted by Crippen LogP contribution is -2.30. The van der Waals surface area contributed by atoms with Crippen LogP contribution >= 0.6 is 23.2 Å². The number of sulfonamides is 1. The summed E-state index contributed by atoms with van der Waals surface area (Å²) in [4.78, 5) is 12.6. The molecule has 170 valence electrons. The standard InChI is InChI=1S/C19H19Cl2F3N2O4S/c1-3-26(4-2)31(28,29)13-6-7-15(21)14(10-13)18(27)25-16-9-12(20)5-8-17(16)30-11-19(22,23)24/h5-10H,3-4,11H2,1-2H3,(H,25,27). The van der Waals surface area contributed by atoms with Crippen molar-refractivity contribution in [2.24, 2.45) is 0 Å². The SMILES string of the molecule is CCN(CC)S(=O)(=O)c1ccc(Cl)c(C(=O)Nc2cc(Cl)ccc2OCC(F)(F)F)c1. The van der Waals surface area contributed by atoms with Gasteiger partial charge >= 0.3 is 6.18 Å². The lowest BCUT2D eigenvalue weighted by atomic mass is 10.2. The second-order valence-corrected chi connectivity index (χ2v) is 9.01. The van der Waals surface area contributed by atoms with E-state index in [-0.39, 0.29) is 45.0 Å². The quantitative estimate of drug-likeness (QED) is 0.541. The van der Waals surface area contributed by atoms with Crippen LogP contribution in [-0.2, 0) is 10.0 Å². The lowest BCUT2D eigenvalue weighted by Gasteiger charge is -2.19. The van der Waals surface area contributed by atoms with E-state index in [0.29, 0.717) is 0 Å². The number of benzene rings is 2. The van der Waals surface area contributed by atoms with Gasteiger partial charge < -0.3 is 10.1 Å². The van der Waals surface area contributed by atoms with Crippen molar-refractivity contribution < 1.29 is 31.1 Å². The maximum atomic E-state index is 12.8. The van der Waals surface area contributed by atoms with Crippen molar-refractivity contribution in [3.8, 4) is 5.75 Å². The van der Waals surface area contributed by atoms with Crippen LogP contribution in [0.2, 0.25) is 10.0 Å². The molecule has 0 aliphatic carbocycles. The molecule has 1 N–H and O–H groups in total. The molecule has 0 aliphatic rings. The number of halogens is 5. The minimum Gasteiger partial charge on any atom is -0.482 e. The van der Waals surface area contributed by atoms with Gasteiger partial charge in [0.15, 0.2) is 6.61 Å². The summed E-state index contributed by atoms with van der Waals surface area (Å²) in [5.41, 5.74) is -0.313. The third-order valence-electron chi connectivity index (χ3n) is 4.11. The highest BCUT2D eigenvalue weighted by atomic mass is 35.5. The second-order valence-electron chi connectivity index (χ2n) is 6.23. The number of rotatable bonds is 8. The highest BCUT2D eigenvalue weighted by Crippen LogP contribution is 2.31. The predicted molar refractivity (Wildman–Crippen MR) is 113 cm³/mol. The Morgan fingerprint density at radius 3 is 2.32 bits per heavy atom. The molecule has 31 heavy (non-hydrogen) atoms. The average Bonchev–Trinajstić information content (AvgIpc) is 2.67. The van der Waals surface area contributed by atoms with Crippen LogP contribution < -0.4 is 10.1 Å². The molecule has 2 aromatic rings. The monoisotopic (exact) mass is 498 g/mol. The van der Waals surface area contributed by atoms with E-state index in [9.17, 15) is 26.4 Å². The number of nitrogens with zero attached hydrogens (tertiary/aromatic N) is 1. The molecule has 1 amide bonds. The number of nitrogens with one attached hydrogen (secondary N) is 1. The molecule has 0 bridgehead atoms. The molecule has 0 saturated heterocycles. The number of alkyl halides is 3. The van der Waals surface area contributed by atoms with E-state index in [2.05, 4.69) is 5.32 Å². The van der Waals surface area contributed by atoms with Crippen molar-refractivity contribution in [2.75, 3.05) is 25.0 Å². The summed E-state index contributed by atoms with van der Waals surface area (Å²) >= 11 is 12.0. The molecule has 0 spiro atoms. The van der Waals surface area contributed by atoms with Gasteiger partial charge in [-0.05, 0) is 36.4 Å². The summed E-state index contributed by atoms with van der Waals surface area (Å²) in [6.45, 7) is 2.23. The van der Waals surface area contributed by atoms with Gasteiger partial charge in [0, 0.05) is 18.1 Å². The Morgan fingerprint density at radius 2 is 1.74 bits per heavy atom. The molecular formula is C19H19Cl2F3N2O4S. The third kappa shape index (κ3) is 6.49. The first kappa shape index (κ1) is 25.3. The first-order valence-electron chi connectivity index (χ1n) is 8.99. The number of hydrogen-bond acceptors (Lipinski definition) is 4. The fourth-order valence-corrected chi connectivity index (χ4v) is 4.49. The van der Waals surface area contributed by atoms with Gasteiger partial charge in [0.2, 0.25) is 10.0 Å². The molecule has 2 rings (SSSR count). The highest BCUT2D eigenvalue weighted by molar-refractivity contribution is 7.89. The van der Waals surface area contributed by atoms with Crippen molar-refractivity contribution in [3.05, 3.63) is 52.0 Å². The van der Waals surface area contributed by atoms with Gasteiger partial charge in [0.05, 0.1) is 21.2 Å². The fraction of sp³-hybridized carbons (Fsp3) is 0.316. The minimum absolute atomic E-state index is 0.0456. The highest BCUT2D eigenvalue weighted by Gasteiger charge is 2.29. The predicted octanol–water partition coefficient (Wildman–Crippen LogP) is 5.22. The normalized spacial score (nSPS) is 12.1. The van der Waals surface area contributed by atoms with Crippen molar-refractivity contribution in [3.63, 3.8) is 0 Å². The van der Waals surface area contributed by atoms with Crippen LogP contribution in [0.5, 0.6) is 5.75 Å². The minimum atomic E-state index is -4.59. The van der Waals surface area contributed by atoms with E-state index in [1.807, 2.05) is 0 Å². The Balaban J connectivity index is 2.38. The lowest BCUT2D eigenvalue weighted by molar-refractivity contribution is -0.153. The van der Waals surface area contributed by atoms with Crippen LogP contribution in [0.3, 0.4) is 0 Å². The molecule has 0 heterocycles. The summed E-state index contributed by atoms with van der Waals surface area (Å²) in [7, 11) is -3.86. The van der Waals surface area contributed by atoms with Crippen LogP contribution in [0.25, 0.3) is 0 Å². The summed E-state index contributed by atoms with van der Waals surface area (Å²) < 4.78 is 68.9. The number of hydrogen-bond donors (Lipinski definition) is 1. The molecule has 2 aromatic carbocycles. The van der Waals surface area contributed by atoms with E-state index in [4.69, 9.17) is 27.9 Å². The van der Waals surface area contributed by atoms with Crippen LogP contribution in [-0.4, -0.2) is 44.5 Å². The van der Waals surface area contributed by atoms with Crippen molar-refractivity contribution in [1.29, 1.82) is 0 Å². The molecule has 0 radical (unpaired) electrons. The largest absolute Gasteiger partial charge is 0.482 e. The maximum Gasteiger partial charge on any atom is 0.422 e. The Bertz CT molecular complexity index is 1060. The summed E-state index contributed by atoms with van der Waals surface area (Å²) in [6.07, 6.45) is -4.59. The zero-order valence-electron chi connectivity index (χ0n) is 16.5. The fourth-order valence-electron chi connectivity index (χ4n) is 2.63. The van der Waals surface area contributed by atoms with Gasteiger partial charge in [-0.1, -0.05) is 37.0 Å². The van der Waals surface area contributed by atoms with E-state index in [0.717, 1.165) is 6.07 Å². The molecular weight excluding hydrogens is 480 g/mol. The summed E-state index contributed by atoms with van der Waals surface area (Å²) in [6, 6.07) is 7.30. The van der Waals surface area contributed by atoms with E-state index in [1.54, 1.807) is 13.8 Å². The van der Waals surface area contributed by atoms with Gasteiger partial charge in [-0.3, -0.25) is 4.79 Å². The zero-order valence-corrected chi connectivity index (χ0v) is 18.8. The topological polar surface area (TPSA) is 75.7 Å². The molecule has 6 nitrogen and oxygen atoms in total. The molecule has 12 heteroatoms. The number of carbonyl (C=O) groups is 1. The van der Waals surface area contributed by atoms with Crippen LogP contribution in [0.4, 0.5) is 18.9 Å². The van der Waals surface area contributed by atoms with Crippen LogP contribution in [0.15, 0.2) is 41.3 Å². The molecule has 0 aromatic heterocycles. The number of amides is 1. The Kier molecular flexibility index (Phi) is 8.21. The van der Waals surface area contributed by atoms with Crippen molar-refractivity contribution >= 4 is 44.8 Å².